The van der Waals surface area contributed by atoms with Crippen LogP contribution in [-0.4, -0.2) is 30.6 Å². The molecule has 0 saturated heterocycles. The van der Waals surface area contributed by atoms with Crippen molar-refractivity contribution in [1.82, 2.24) is 14.5 Å². The second-order valence-electron chi connectivity index (χ2n) is 8.48. The molecule has 5 rings (SSSR count). The molecular weight excluding hydrogens is 521 g/mol. The quantitative estimate of drug-likeness (QED) is 0.150. The highest BCUT2D eigenvalue weighted by Crippen LogP contribution is 2.54. The molecule has 2 heterocycles. The molecule has 0 saturated carbocycles. The summed E-state index contributed by atoms with van der Waals surface area (Å²) in [5, 5.41) is 13.7. The Morgan fingerprint density at radius 3 is 2.47 bits per heavy atom. The van der Waals surface area contributed by atoms with Gasteiger partial charge in [-0.25, -0.2) is 9.40 Å². The summed E-state index contributed by atoms with van der Waals surface area (Å²) in [7, 11) is -3.14. The molecule has 0 unspecified atom stereocenters. The number of halogens is 3. The van der Waals surface area contributed by atoms with Crippen molar-refractivity contribution in [1.29, 1.82) is 5.41 Å². The molecule has 196 valence electrons. The lowest BCUT2D eigenvalue weighted by molar-refractivity contribution is -0.141. The van der Waals surface area contributed by atoms with Gasteiger partial charge in [0.2, 0.25) is 0 Å². The van der Waals surface area contributed by atoms with E-state index in [1.165, 1.54) is 24.3 Å². The number of anilines is 1. The number of benzene rings is 3. The number of nitrogens with one attached hydrogen (secondary N) is 3. The zero-order valence-electron chi connectivity index (χ0n) is 19.5. The fourth-order valence-electron chi connectivity index (χ4n) is 4.15. The third-order valence-electron chi connectivity index (χ3n) is 5.93. The fourth-order valence-corrected chi connectivity index (χ4v) is 5.65. The number of amides is 1. The highest BCUT2D eigenvalue weighted by Gasteiger charge is 2.36. The number of amidine groups is 1. The molecule has 1 aromatic heterocycles. The van der Waals surface area contributed by atoms with Gasteiger partial charge in [0.1, 0.15) is 11.5 Å². The van der Waals surface area contributed by atoms with E-state index in [0.717, 1.165) is 10.2 Å². The summed E-state index contributed by atoms with van der Waals surface area (Å²) < 4.78 is 64.7. The van der Waals surface area contributed by atoms with Crippen LogP contribution in [-0.2, 0) is 12.7 Å². The number of aromatic nitrogens is 2. The standard InChI is InChI=1S/C25H21F3N6O3S/c26-25(27,28)21-12-20(34(33-21)18-5-1-3-15(11-18)23(29)30)24(35)32-17-9-7-14(8-10-17)19-6-2-4-16-13-31-38(36,37)22(16)19/h1-12,31,36-37H,13H2,(H3,29,30)(H,32,35). The summed E-state index contributed by atoms with van der Waals surface area (Å²) in [6.45, 7) is 0.322. The Kier molecular flexibility index (Phi) is 6.23. The Morgan fingerprint density at radius 2 is 1.79 bits per heavy atom. The molecule has 38 heavy (non-hydrogen) atoms. The maximum atomic E-state index is 13.4. The number of alkyl halides is 3. The van der Waals surface area contributed by atoms with Gasteiger partial charge in [0.25, 0.3) is 5.91 Å². The summed E-state index contributed by atoms with van der Waals surface area (Å²) in [6, 6.07) is 18.2. The number of nitrogens with zero attached hydrogens (tertiary/aromatic N) is 2. The third-order valence-corrected chi connectivity index (χ3v) is 7.53. The van der Waals surface area contributed by atoms with E-state index in [9.17, 15) is 27.1 Å². The Balaban J connectivity index is 1.46. The van der Waals surface area contributed by atoms with Gasteiger partial charge in [-0.1, -0.05) is 42.5 Å². The van der Waals surface area contributed by atoms with E-state index in [0.29, 0.717) is 34.3 Å². The number of rotatable bonds is 5. The van der Waals surface area contributed by atoms with Gasteiger partial charge < -0.3 is 11.1 Å². The first-order valence-corrected chi connectivity index (χ1v) is 12.7. The highest BCUT2D eigenvalue weighted by molar-refractivity contribution is 8.23. The van der Waals surface area contributed by atoms with Crippen LogP contribution < -0.4 is 15.8 Å². The minimum atomic E-state index is -4.79. The van der Waals surface area contributed by atoms with Crippen LogP contribution in [0.5, 0.6) is 0 Å². The van der Waals surface area contributed by atoms with Crippen LogP contribution in [0.3, 0.4) is 0 Å². The van der Waals surface area contributed by atoms with Gasteiger partial charge in [-0.3, -0.25) is 19.3 Å². The molecule has 0 atom stereocenters. The summed E-state index contributed by atoms with van der Waals surface area (Å²) in [5.41, 5.74) is 6.60. The molecule has 0 aliphatic carbocycles. The summed E-state index contributed by atoms with van der Waals surface area (Å²) in [6.07, 6.45) is -4.79. The predicted molar refractivity (Wildman–Crippen MR) is 137 cm³/mol. The maximum absolute atomic E-state index is 13.4. The van der Waals surface area contributed by atoms with Crippen molar-refractivity contribution in [2.24, 2.45) is 5.73 Å². The largest absolute Gasteiger partial charge is 0.435 e. The number of fused-ring (bicyclic) bond motifs is 1. The normalized spacial score (nSPS) is 15.1. The first-order valence-electron chi connectivity index (χ1n) is 11.1. The van der Waals surface area contributed by atoms with Crippen LogP contribution in [0, 0.1) is 5.41 Å². The monoisotopic (exact) mass is 542 g/mol. The van der Waals surface area contributed by atoms with Crippen molar-refractivity contribution in [3.05, 3.63) is 95.3 Å². The third kappa shape index (κ3) is 4.75. The smallest absolute Gasteiger partial charge is 0.384 e. The predicted octanol–water partition coefficient (Wildman–Crippen LogP) is 5.22. The molecule has 1 aliphatic heterocycles. The van der Waals surface area contributed by atoms with E-state index in [1.54, 1.807) is 42.5 Å². The zero-order valence-corrected chi connectivity index (χ0v) is 20.3. The SMILES string of the molecule is N=C(N)c1cccc(-n2nc(C(F)(F)F)cc2C(=O)Nc2ccc(-c3cccc4c3S(O)(O)NC4)cc2)c1. The van der Waals surface area contributed by atoms with E-state index in [2.05, 4.69) is 15.1 Å². The highest BCUT2D eigenvalue weighted by atomic mass is 32.3. The lowest BCUT2D eigenvalue weighted by atomic mass is 10.0. The van der Waals surface area contributed by atoms with Gasteiger partial charge >= 0.3 is 6.18 Å². The topological polar surface area (TPSA) is 149 Å². The second-order valence-corrected chi connectivity index (χ2v) is 10.3. The molecule has 0 fully saturated rings. The average molecular weight is 543 g/mol. The molecule has 13 heteroatoms. The zero-order chi connectivity index (χ0) is 27.2. The minimum Gasteiger partial charge on any atom is -0.384 e. The van der Waals surface area contributed by atoms with Crippen molar-refractivity contribution >= 4 is 28.2 Å². The summed E-state index contributed by atoms with van der Waals surface area (Å²) >= 11 is 0. The van der Waals surface area contributed by atoms with Crippen LogP contribution in [0.4, 0.5) is 18.9 Å². The summed E-state index contributed by atoms with van der Waals surface area (Å²) in [5.74, 6) is -1.13. The molecular formula is C25H21F3N6O3S. The van der Waals surface area contributed by atoms with Crippen molar-refractivity contribution in [2.45, 2.75) is 17.6 Å². The number of carbonyl (C=O) groups excluding carboxylic acids is 1. The summed E-state index contributed by atoms with van der Waals surface area (Å²) in [4.78, 5) is 13.5. The molecule has 0 spiro atoms. The van der Waals surface area contributed by atoms with Gasteiger partial charge in [0.05, 0.1) is 10.6 Å². The maximum Gasteiger partial charge on any atom is 0.435 e. The number of nitrogens with two attached hydrogens (primary N) is 1. The lowest BCUT2D eigenvalue weighted by Gasteiger charge is -2.29. The van der Waals surface area contributed by atoms with Crippen molar-refractivity contribution in [3.8, 4) is 16.8 Å². The van der Waals surface area contributed by atoms with E-state index in [1.807, 2.05) is 0 Å². The first-order chi connectivity index (χ1) is 17.9. The fraction of sp³-hybridized carbons (Fsp3) is 0.0800. The minimum absolute atomic E-state index is 0.124. The Morgan fingerprint density at radius 1 is 1.08 bits per heavy atom. The van der Waals surface area contributed by atoms with Gasteiger partial charge in [0, 0.05) is 29.4 Å². The van der Waals surface area contributed by atoms with E-state index in [4.69, 9.17) is 11.1 Å². The number of hydrogen-bond acceptors (Lipinski definition) is 6. The number of hydrogen-bond donors (Lipinski definition) is 6. The van der Waals surface area contributed by atoms with Crippen molar-refractivity contribution in [3.63, 3.8) is 0 Å². The molecule has 4 aromatic rings. The van der Waals surface area contributed by atoms with Gasteiger partial charge in [-0.2, -0.15) is 18.3 Å². The van der Waals surface area contributed by atoms with Gasteiger partial charge in [-0.05, 0) is 35.4 Å². The van der Waals surface area contributed by atoms with Crippen molar-refractivity contribution in [2.75, 3.05) is 5.32 Å². The number of nitrogen functional groups attached to an aromatic ring is 1. The van der Waals surface area contributed by atoms with E-state index < -0.39 is 28.6 Å². The Labute approximate surface area is 216 Å². The van der Waals surface area contributed by atoms with Crippen LogP contribution in [0.2, 0.25) is 0 Å². The van der Waals surface area contributed by atoms with Crippen LogP contribution >= 0.6 is 10.8 Å². The molecule has 0 bridgehead atoms. The van der Waals surface area contributed by atoms with Crippen molar-refractivity contribution < 1.29 is 27.1 Å². The van der Waals surface area contributed by atoms with E-state index in [-0.39, 0.29) is 22.8 Å². The molecule has 1 amide bonds. The van der Waals surface area contributed by atoms with Crippen LogP contribution in [0.25, 0.3) is 16.8 Å². The average Bonchev–Trinajstić information content (AvgIpc) is 3.47. The molecule has 3 aromatic carbocycles. The number of carbonyl (C=O) groups is 1. The Hall–Kier alpha value is -4.17. The van der Waals surface area contributed by atoms with Crippen LogP contribution in [0.15, 0.2) is 77.7 Å². The van der Waals surface area contributed by atoms with Crippen LogP contribution in [0.1, 0.15) is 27.3 Å². The molecule has 9 nitrogen and oxygen atoms in total. The van der Waals surface area contributed by atoms with Gasteiger partial charge in [0.15, 0.2) is 5.69 Å². The lowest BCUT2D eigenvalue weighted by Crippen LogP contribution is -2.17. The van der Waals surface area contributed by atoms with E-state index >= 15 is 0 Å². The first kappa shape index (κ1) is 25.5. The molecule has 1 aliphatic rings. The second kappa shape index (κ2) is 9.29. The Bertz CT molecular complexity index is 1570. The van der Waals surface area contributed by atoms with Gasteiger partial charge in [-0.15, -0.1) is 10.8 Å². The molecule has 0 radical (unpaired) electrons. The molecule has 7 N–H and O–H groups in total.